The van der Waals surface area contributed by atoms with Crippen LogP contribution in [-0.2, 0) is 28.5 Å². The normalized spacial score (nSPS) is 21.5. The van der Waals surface area contributed by atoms with Crippen LogP contribution in [0.3, 0.4) is 0 Å². The van der Waals surface area contributed by atoms with Crippen molar-refractivity contribution in [2.24, 2.45) is 13.0 Å². The van der Waals surface area contributed by atoms with E-state index in [1.54, 1.807) is 13.8 Å². The molecule has 4 aliphatic heterocycles. The highest BCUT2D eigenvalue weighted by Crippen LogP contribution is 2.62. The predicted molar refractivity (Wildman–Crippen MR) is 211 cm³/mol. The zero-order valence-electron chi connectivity index (χ0n) is 31.2. The summed E-state index contributed by atoms with van der Waals surface area (Å²) in [6.45, 7) is 7.38. The number of aryl methyl sites for hydroxylation is 1. The van der Waals surface area contributed by atoms with Crippen LogP contribution in [0.4, 0.5) is 5.69 Å². The van der Waals surface area contributed by atoms with Gasteiger partial charge >= 0.3 is 0 Å². The second-order valence-corrected chi connectivity index (χ2v) is 16.2. The summed E-state index contributed by atoms with van der Waals surface area (Å²) in [6.07, 6.45) is -0.195. The molecule has 0 aliphatic carbocycles. The number of hydrogen-bond donors (Lipinski definition) is 4. The first kappa shape index (κ1) is 35.1. The molecule has 14 heteroatoms. The Bertz CT molecular complexity index is 2670. The van der Waals surface area contributed by atoms with E-state index in [1.165, 1.54) is 0 Å². The van der Waals surface area contributed by atoms with Gasteiger partial charge in [0, 0.05) is 41.2 Å². The number of benzene rings is 3. The third-order valence-corrected chi connectivity index (χ3v) is 12.9. The third kappa shape index (κ3) is 4.57. The second kappa shape index (κ2) is 12.1. The van der Waals surface area contributed by atoms with Crippen molar-refractivity contribution < 1.29 is 28.3 Å². The first-order valence-corrected chi connectivity index (χ1v) is 19.6. The molecule has 4 N–H and O–H groups in total. The van der Waals surface area contributed by atoms with Crippen molar-refractivity contribution in [3.8, 4) is 39.8 Å². The van der Waals surface area contributed by atoms with Crippen LogP contribution in [-0.4, -0.2) is 49.3 Å². The molecule has 10 bridgehead atoms. The van der Waals surface area contributed by atoms with E-state index in [0.717, 1.165) is 44.4 Å². The SMILES string of the molecule is CCC(O)(CC)C(=O)NC1Cc2ccc3c(c2)C24c5cccc(c5NC2O3)-c2cccc3c2c(c(Cl)n3C)-c2oc(nc2Cl)-c2nc(oc24)C(C(C)C)NC1=O. The number of fused-ring (bicyclic) bond motifs is 7. The molecule has 3 aromatic heterocycles. The lowest BCUT2D eigenvalue weighted by Gasteiger charge is -2.30. The molecule has 3 aromatic carbocycles. The fourth-order valence-electron chi connectivity index (χ4n) is 9.06. The zero-order chi connectivity index (χ0) is 39.0. The molecule has 7 heterocycles. The molecule has 0 saturated heterocycles. The summed E-state index contributed by atoms with van der Waals surface area (Å²) >= 11 is 14.1. The fraction of sp³-hybridized carbons (Fsp3) is 0.333. The lowest BCUT2D eigenvalue weighted by Crippen LogP contribution is -2.55. The number of nitrogens with one attached hydrogen (secondary N) is 3. The zero-order valence-corrected chi connectivity index (χ0v) is 32.7. The van der Waals surface area contributed by atoms with Crippen molar-refractivity contribution >= 4 is 51.6 Å². The minimum absolute atomic E-state index is 0.0985. The van der Waals surface area contributed by atoms with E-state index in [-0.39, 0.29) is 53.6 Å². The van der Waals surface area contributed by atoms with Crippen molar-refractivity contribution in [3.63, 3.8) is 0 Å². The molecule has 6 aromatic rings. The maximum atomic E-state index is 14.3. The summed E-state index contributed by atoms with van der Waals surface area (Å²) in [6, 6.07) is 16.2. The molecule has 2 amide bonds. The Morgan fingerprint density at radius 1 is 1.05 bits per heavy atom. The minimum atomic E-state index is -1.64. The van der Waals surface area contributed by atoms with Crippen LogP contribution < -0.4 is 20.7 Å². The Morgan fingerprint density at radius 3 is 2.59 bits per heavy atom. The number of hydrogen-bond acceptors (Lipinski definition) is 9. The van der Waals surface area contributed by atoms with Crippen LogP contribution in [0.25, 0.3) is 44.9 Å². The van der Waals surface area contributed by atoms with Gasteiger partial charge in [-0.1, -0.05) is 93.4 Å². The maximum absolute atomic E-state index is 14.3. The number of para-hydroxylation sites is 1. The second-order valence-electron chi connectivity index (χ2n) is 15.5. The smallest absolute Gasteiger partial charge is 0.252 e. The number of ether oxygens (including phenoxy) is 1. The first-order chi connectivity index (χ1) is 26.9. The lowest BCUT2D eigenvalue weighted by atomic mass is 9.72. The van der Waals surface area contributed by atoms with Crippen LogP contribution in [0.5, 0.6) is 5.75 Å². The van der Waals surface area contributed by atoms with Gasteiger partial charge in [0.25, 0.3) is 11.8 Å². The number of carbonyl (C=O) groups excluding carboxylic acids is 2. The predicted octanol–water partition coefficient (Wildman–Crippen LogP) is 7.66. The highest BCUT2D eigenvalue weighted by atomic mass is 35.5. The molecule has 56 heavy (non-hydrogen) atoms. The van der Waals surface area contributed by atoms with Gasteiger partial charge in [0.1, 0.15) is 34.0 Å². The van der Waals surface area contributed by atoms with E-state index in [9.17, 15) is 14.7 Å². The number of oxazole rings is 2. The van der Waals surface area contributed by atoms with E-state index in [1.807, 2.05) is 61.9 Å². The topological polar surface area (TPSA) is 157 Å². The maximum Gasteiger partial charge on any atom is 0.252 e. The largest absolute Gasteiger partial charge is 0.469 e. The Labute approximate surface area is 331 Å². The summed E-state index contributed by atoms with van der Waals surface area (Å²) in [4.78, 5) is 37.8. The number of halogens is 2. The van der Waals surface area contributed by atoms with Crippen LogP contribution in [0.15, 0.2) is 63.4 Å². The van der Waals surface area contributed by atoms with Crippen molar-refractivity contribution in [1.82, 2.24) is 25.2 Å². The van der Waals surface area contributed by atoms with Gasteiger partial charge in [0.15, 0.2) is 28.6 Å². The average molecular weight is 794 g/mol. The third-order valence-electron chi connectivity index (χ3n) is 12.2. The molecule has 0 radical (unpaired) electrons. The van der Waals surface area contributed by atoms with E-state index >= 15 is 0 Å². The number of aromatic nitrogens is 3. The van der Waals surface area contributed by atoms with Gasteiger partial charge in [-0.3, -0.25) is 9.59 Å². The molecule has 286 valence electrons. The number of rotatable bonds is 5. The molecule has 4 unspecified atom stereocenters. The van der Waals surface area contributed by atoms with Gasteiger partial charge in [-0.25, -0.2) is 4.98 Å². The Hall–Kier alpha value is -5.30. The number of aliphatic hydroxyl groups is 1. The number of amides is 2. The quantitative estimate of drug-likeness (QED) is 0.138. The van der Waals surface area contributed by atoms with Gasteiger partial charge in [-0.05, 0) is 42.0 Å². The molecule has 0 fully saturated rings. The monoisotopic (exact) mass is 792 g/mol. The fourth-order valence-corrected chi connectivity index (χ4v) is 9.54. The first-order valence-electron chi connectivity index (χ1n) is 18.9. The van der Waals surface area contributed by atoms with Gasteiger partial charge in [0.05, 0.1) is 11.1 Å². The molecular formula is C42H38Cl2N6O6. The van der Waals surface area contributed by atoms with Crippen molar-refractivity contribution in [2.75, 3.05) is 5.32 Å². The molecule has 12 nitrogen and oxygen atoms in total. The standard InChI is InChI=1S/C42H38Cl2N6O6/c1-6-41(53,7-2)39(52)45-24-17-19-14-15-26-23(16-19)42-22-12-8-11-21(30(22)48-40(42)54-26)20-10-9-13-25-27(20)28(35(44)50(25)5)32-34(43)49-38(55-32)31-33(42)56-37(47-31)29(18(3)4)46-36(24)51/h8-16,18,24,29,40,48,53H,6-7,17H2,1-5H3,(H,45,52)(H,46,51). The number of carbonyl (C=O) groups is 2. The van der Waals surface area contributed by atoms with Gasteiger partial charge in [0.2, 0.25) is 11.8 Å². The van der Waals surface area contributed by atoms with Crippen molar-refractivity contribution in [3.05, 3.63) is 93.2 Å². The van der Waals surface area contributed by atoms with E-state index in [4.69, 9.17) is 46.7 Å². The molecule has 0 saturated carbocycles. The van der Waals surface area contributed by atoms with Crippen LogP contribution in [0, 0.1) is 5.92 Å². The van der Waals surface area contributed by atoms with E-state index in [0.29, 0.717) is 22.2 Å². The Morgan fingerprint density at radius 2 is 1.82 bits per heavy atom. The van der Waals surface area contributed by atoms with Crippen LogP contribution in [0.2, 0.25) is 10.3 Å². The van der Waals surface area contributed by atoms with E-state index in [2.05, 4.69) is 34.1 Å². The molecule has 4 aliphatic rings. The molecule has 10 rings (SSSR count). The summed E-state index contributed by atoms with van der Waals surface area (Å²) in [5.41, 5.74) is 4.03. The number of nitrogens with zero attached hydrogens (tertiary/aromatic N) is 3. The highest BCUT2D eigenvalue weighted by molar-refractivity contribution is 6.38. The Balaban J connectivity index is 1.30. The summed E-state index contributed by atoms with van der Waals surface area (Å²) in [5.74, 6) is 0.319. The number of anilines is 1. The van der Waals surface area contributed by atoms with Crippen molar-refractivity contribution in [1.29, 1.82) is 0 Å². The van der Waals surface area contributed by atoms with Crippen LogP contribution >= 0.6 is 23.2 Å². The Kier molecular flexibility index (Phi) is 7.59. The van der Waals surface area contributed by atoms with Gasteiger partial charge in [-0.15, -0.1) is 0 Å². The van der Waals surface area contributed by atoms with Crippen LogP contribution in [0.1, 0.15) is 74.9 Å². The highest BCUT2D eigenvalue weighted by Gasteiger charge is 2.62. The molecule has 4 atom stereocenters. The summed E-state index contributed by atoms with van der Waals surface area (Å²) in [5, 5.41) is 22.3. The minimum Gasteiger partial charge on any atom is -0.469 e. The molecular weight excluding hydrogens is 755 g/mol. The summed E-state index contributed by atoms with van der Waals surface area (Å²) in [7, 11) is 1.90. The van der Waals surface area contributed by atoms with Gasteiger partial charge in [-0.2, -0.15) is 4.98 Å². The summed E-state index contributed by atoms with van der Waals surface area (Å²) < 4.78 is 22.4. The molecule has 1 spiro atoms. The van der Waals surface area contributed by atoms with Gasteiger partial charge < -0.3 is 39.2 Å². The van der Waals surface area contributed by atoms with Crippen molar-refractivity contribution in [2.45, 2.75) is 76.3 Å². The lowest BCUT2D eigenvalue weighted by molar-refractivity contribution is -0.143. The average Bonchev–Trinajstić information content (AvgIpc) is 3.98. The van der Waals surface area contributed by atoms with E-state index < -0.39 is 41.1 Å².